The summed E-state index contributed by atoms with van der Waals surface area (Å²) in [5, 5.41) is 0.813. The molecule has 3 unspecified atom stereocenters. The summed E-state index contributed by atoms with van der Waals surface area (Å²) < 4.78 is 0. The molecule has 1 rings (SSSR count). The van der Waals surface area contributed by atoms with Crippen molar-refractivity contribution < 1.29 is 0 Å². The van der Waals surface area contributed by atoms with Crippen LogP contribution in [0.15, 0.2) is 24.3 Å². The normalized spacial score (nSPS) is 16.1. The van der Waals surface area contributed by atoms with Gasteiger partial charge in [0.1, 0.15) is 0 Å². The van der Waals surface area contributed by atoms with Gasteiger partial charge in [-0.3, -0.25) is 4.90 Å². The predicted molar refractivity (Wildman–Crippen MR) is 89.2 cm³/mol. The summed E-state index contributed by atoms with van der Waals surface area (Å²) in [5.74, 6) is 0.695. The summed E-state index contributed by atoms with van der Waals surface area (Å²) in [4.78, 5) is 2.40. The van der Waals surface area contributed by atoms with Crippen molar-refractivity contribution in [1.29, 1.82) is 0 Å². The van der Waals surface area contributed by atoms with Crippen LogP contribution < -0.4 is 5.73 Å². The van der Waals surface area contributed by atoms with Crippen molar-refractivity contribution in [2.24, 2.45) is 11.7 Å². The van der Waals surface area contributed by atoms with Gasteiger partial charge in [-0.05, 0) is 57.4 Å². The van der Waals surface area contributed by atoms with Gasteiger partial charge in [0.2, 0.25) is 0 Å². The van der Waals surface area contributed by atoms with Crippen LogP contribution in [0.4, 0.5) is 0 Å². The molecule has 0 fully saturated rings. The maximum absolute atomic E-state index is 6.07. The monoisotopic (exact) mass is 296 g/mol. The van der Waals surface area contributed by atoms with Crippen molar-refractivity contribution >= 4 is 11.6 Å². The molecule has 0 aliphatic heterocycles. The summed E-state index contributed by atoms with van der Waals surface area (Å²) in [5.41, 5.74) is 7.08. The van der Waals surface area contributed by atoms with Gasteiger partial charge in [-0.1, -0.05) is 37.1 Å². The zero-order valence-electron chi connectivity index (χ0n) is 13.3. The standard InChI is InChI=1S/C17H29ClN2/c1-13(7-5-8-14(2)19)12-20(4)15(3)16-9-6-10-17(18)11-16/h6,9-11,13-15H,5,7-8,12,19H2,1-4H3. The third-order valence-electron chi connectivity index (χ3n) is 3.95. The number of nitrogens with two attached hydrogens (primary N) is 1. The second-order valence-electron chi connectivity index (χ2n) is 6.18. The fraction of sp³-hybridized carbons (Fsp3) is 0.647. The molecule has 20 heavy (non-hydrogen) atoms. The van der Waals surface area contributed by atoms with E-state index in [0.717, 1.165) is 18.0 Å². The largest absolute Gasteiger partial charge is 0.328 e. The van der Waals surface area contributed by atoms with Gasteiger partial charge in [-0.15, -0.1) is 0 Å². The molecule has 1 aromatic carbocycles. The second-order valence-corrected chi connectivity index (χ2v) is 6.62. The van der Waals surface area contributed by atoms with E-state index >= 15 is 0 Å². The molecule has 0 heterocycles. The number of hydrogen-bond donors (Lipinski definition) is 1. The molecule has 114 valence electrons. The van der Waals surface area contributed by atoms with Gasteiger partial charge in [0.05, 0.1) is 0 Å². The number of hydrogen-bond acceptors (Lipinski definition) is 2. The van der Waals surface area contributed by atoms with E-state index in [1.165, 1.54) is 18.4 Å². The molecular formula is C17H29ClN2. The Morgan fingerprint density at radius 2 is 1.90 bits per heavy atom. The minimum atomic E-state index is 0.324. The van der Waals surface area contributed by atoms with E-state index in [4.69, 9.17) is 17.3 Å². The number of halogens is 1. The van der Waals surface area contributed by atoms with Gasteiger partial charge in [0.15, 0.2) is 0 Å². The summed E-state index contributed by atoms with van der Waals surface area (Å²) in [7, 11) is 2.19. The molecule has 0 saturated heterocycles. The fourth-order valence-corrected chi connectivity index (χ4v) is 2.75. The molecule has 0 amide bonds. The summed E-state index contributed by atoms with van der Waals surface area (Å²) in [6, 6.07) is 8.87. The smallest absolute Gasteiger partial charge is 0.0409 e. The van der Waals surface area contributed by atoms with Crippen LogP contribution in [0, 0.1) is 5.92 Å². The average Bonchev–Trinajstić information content (AvgIpc) is 2.37. The van der Waals surface area contributed by atoms with Gasteiger partial charge in [0, 0.05) is 23.7 Å². The zero-order valence-corrected chi connectivity index (χ0v) is 14.0. The maximum Gasteiger partial charge on any atom is 0.0409 e. The lowest BCUT2D eigenvalue weighted by molar-refractivity contribution is 0.219. The number of benzene rings is 1. The molecule has 3 atom stereocenters. The molecule has 0 saturated carbocycles. The van der Waals surface area contributed by atoms with E-state index in [2.05, 4.69) is 44.9 Å². The van der Waals surface area contributed by atoms with Gasteiger partial charge < -0.3 is 5.73 Å². The van der Waals surface area contributed by atoms with E-state index in [9.17, 15) is 0 Å². The Labute approximate surface area is 129 Å². The van der Waals surface area contributed by atoms with Crippen LogP contribution in [0.3, 0.4) is 0 Å². The molecule has 1 aromatic rings. The maximum atomic E-state index is 6.07. The highest BCUT2D eigenvalue weighted by atomic mass is 35.5. The molecule has 0 aliphatic rings. The van der Waals surface area contributed by atoms with Gasteiger partial charge in [0.25, 0.3) is 0 Å². The van der Waals surface area contributed by atoms with E-state index < -0.39 is 0 Å². The molecule has 3 heteroatoms. The van der Waals surface area contributed by atoms with Crippen LogP contribution in [0.25, 0.3) is 0 Å². The minimum Gasteiger partial charge on any atom is -0.328 e. The van der Waals surface area contributed by atoms with Crippen molar-refractivity contribution in [2.75, 3.05) is 13.6 Å². The van der Waals surface area contributed by atoms with Gasteiger partial charge in [-0.25, -0.2) is 0 Å². The van der Waals surface area contributed by atoms with Gasteiger partial charge in [-0.2, -0.15) is 0 Å². The Kier molecular flexibility index (Phi) is 7.57. The molecule has 0 radical (unpaired) electrons. The number of rotatable bonds is 8. The van der Waals surface area contributed by atoms with Crippen LogP contribution >= 0.6 is 11.6 Å². The summed E-state index contributed by atoms with van der Waals surface area (Å²) >= 11 is 6.07. The van der Waals surface area contributed by atoms with Crippen LogP contribution in [0.2, 0.25) is 5.02 Å². The van der Waals surface area contributed by atoms with Gasteiger partial charge >= 0.3 is 0 Å². The SMILES string of the molecule is CC(N)CCCC(C)CN(C)C(C)c1cccc(Cl)c1. The lowest BCUT2D eigenvalue weighted by Crippen LogP contribution is -2.27. The summed E-state index contributed by atoms with van der Waals surface area (Å²) in [6.07, 6.45) is 3.59. The lowest BCUT2D eigenvalue weighted by Gasteiger charge is -2.28. The first-order valence-electron chi connectivity index (χ1n) is 7.61. The molecule has 0 aliphatic carbocycles. The Bertz CT molecular complexity index is 392. The molecule has 2 nitrogen and oxygen atoms in total. The highest BCUT2D eigenvalue weighted by Gasteiger charge is 2.14. The van der Waals surface area contributed by atoms with Crippen LogP contribution in [-0.2, 0) is 0 Å². The Balaban J connectivity index is 2.43. The predicted octanol–water partition coefficient (Wildman–Crippen LogP) is 4.49. The molecule has 0 spiro atoms. The molecule has 2 N–H and O–H groups in total. The average molecular weight is 297 g/mol. The Hall–Kier alpha value is -0.570. The Morgan fingerprint density at radius 3 is 2.50 bits per heavy atom. The highest BCUT2D eigenvalue weighted by Crippen LogP contribution is 2.23. The summed E-state index contributed by atoms with van der Waals surface area (Å²) in [6.45, 7) is 7.74. The van der Waals surface area contributed by atoms with Crippen molar-refractivity contribution in [3.63, 3.8) is 0 Å². The third kappa shape index (κ3) is 6.25. The zero-order chi connectivity index (χ0) is 15.1. The fourth-order valence-electron chi connectivity index (χ4n) is 2.55. The molecule has 0 bridgehead atoms. The van der Waals surface area contributed by atoms with E-state index in [1.807, 2.05) is 12.1 Å². The lowest BCUT2D eigenvalue weighted by atomic mass is 10.00. The van der Waals surface area contributed by atoms with E-state index in [1.54, 1.807) is 0 Å². The van der Waals surface area contributed by atoms with E-state index in [-0.39, 0.29) is 0 Å². The van der Waals surface area contributed by atoms with E-state index in [0.29, 0.717) is 18.0 Å². The molecular weight excluding hydrogens is 268 g/mol. The Morgan fingerprint density at radius 1 is 1.20 bits per heavy atom. The van der Waals surface area contributed by atoms with Crippen LogP contribution in [0.5, 0.6) is 0 Å². The highest BCUT2D eigenvalue weighted by molar-refractivity contribution is 6.30. The van der Waals surface area contributed by atoms with Crippen molar-refractivity contribution in [1.82, 2.24) is 4.90 Å². The molecule has 0 aromatic heterocycles. The first-order valence-corrected chi connectivity index (χ1v) is 7.99. The van der Waals surface area contributed by atoms with Crippen molar-refractivity contribution in [3.05, 3.63) is 34.9 Å². The topological polar surface area (TPSA) is 29.3 Å². The van der Waals surface area contributed by atoms with Crippen molar-refractivity contribution in [2.45, 2.75) is 52.1 Å². The van der Waals surface area contributed by atoms with Crippen LogP contribution in [0.1, 0.15) is 51.6 Å². The van der Waals surface area contributed by atoms with Crippen molar-refractivity contribution in [3.8, 4) is 0 Å². The first kappa shape index (κ1) is 17.5. The van der Waals surface area contributed by atoms with Crippen LogP contribution in [-0.4, -0.2) is 24.5 Å². The number of nitrogens with zero attached hydrogens (tertiary/aromatic N) is 1. The quantitative estimate of drug-likeness (QED) is 0.766. The minimum absolute atomic E-state index is 0.324. The second kappa shape index (κ2) is 8.66. The third-order valence-corrected chi connectivity index (χ3v) is 4.18. The first-order chi connectivity index (χ1) is 9.40.